The molecule has 5 heteroatoms. The summed E-state index contributed by atoms with van der Waals surface area (Å²) in [6.45, 7) is 2.29. The number of nitrogens with two attached hydrogens (primary N) is 2. The van der Waals surface area contributed by atoms with Crippen LogP contribution < -0.4 is 16.8 Å². The van der Waals surface area contributed by atoms with E-state index in [9.17, 15) is 4.79 Å². The first-order chi connectivity index (χ1) is 8.57. The smallest absolute Gasteiger partial charge is 0.326 e. The standard InChI is InChI=1S/C13H25N3O2/c1-2-18-12(17)13(6-3-7-13)16-9-4-5-10(14)11(15)8-9/h9-11,16H,2-8,14-15H2,1H3/t9?,10-,11+/m0/s1. The predicted octanol–water partition coefficient (Wildman–Crippen LogP) is 0.269. The van der Waals surface area contributed by atoms with Gasteiger partial charge in [0.15, 0.2) is 0 Å². The Morgan fingerprint density at radius 1 is 1.33 bits per heavy atom. The van der Waals surface area contributed by atoms with Crippen LogP contribution in [0.3, 0.4) is 0 Å². The van der Waals surface area contributed by atoms with Gasteiger partial charge in [-0.25, -0.2) is 0 Å². The molecule has 0 saturated heterocycles. The lowest BCUT2D eigenvalue weighted by Crippen LogP contribution is -2.63. The molecular weight excluding hydrogens is 230 g/mol. The molecule has 0 bridgehead atoms. The Bertz CT molecular complexity index is 305. The molecule has 2 aliphatic carbocycles. The highest BCUT2D eigenvalue weighted by Crippen LogP contribution is 2.35. The molecule has 5 nitrogen and oxygen atoms in total. The summed E-state index contributed by atoms with van der Waals surface area (Å²) in [5, 5.41) is 3.49. The van der Waals surface area contributed by atoms with Crippen molar-refractivity contribution in [3.05, 3.63) is 0 Å². The van der Waals surface area contributed by atoms with Gasteiger partial charge in [0.1, 0.15) is 5.54 Å². The minimum absolute atomic E-state index is 0.0376. The van der Waals surface area contributed by atoms with E-state index in [0.717, 1.165) is 38.5 Å². The molecule has 1 unspecified atom stereocenters. The Kier molecular flexibility index (Phi) is 4.25. The van der Waals surface area contributed by atoms with Gasteiger partial charge in [-0.3, -0.25) is 10.1 Å². The SMILES string of the molecule is CCOC(=O)C1(NC2CC[C@H](N)[C@H](N)C2)CCC1. The molecule has 2 rings (SSSR count). The van der Waals surface area contributed by atoms with Gasteiger partial charge in [0, 0.05) is 18.1 Å². The van der Waals surface area contributed by atoms with Crippen LogP contribution in [0.15, 0.2) is 0 Å². The normalized spacial score (nSPS) is 34.7. The third kappa shape index (κ3) is 2.68. The van der Waals surface area contributed by atoms with Crippen LogP contribution in [0.1, 0.15) is 45.4 Å². The fourth-order valence-corrected chi connectivity index (χ4v) is 2.96. The summed E-state index contributed by atoms with van der Waals surface area (Å²) < 4.78 is 5.18. The molecule has 104 valence electrons. The Morgan fingerprint density at radius 3 is 2.56 bits per heavy atom. The molecule has 2 aliphatic rings. The molecule has 18 heavy (non-hydrogen) atoms. The number of rotatable bonds is 4. The molecule has 2 saturated carbocycles. The summed E-state index contributed by atoms with van der Waals surface area (Å²) in [6.07, 6.45) is 5.62. The highest BCUT2D eigenvalue weighted by atomic mass is 16.5. The lowest BCUT2D eigenvalue weighted by molar-refractivity contribution is -0.156. The Balaban J connectivity index is 1.92. The highest BCUT2D eigenvalue weighted by Gasteiger charge is 2.47. The van der Waals surface area contributed by atoms with Gasteiger partial charge in [-0.1, -0.05) is 0 Å². The maximum absolute atomic E-state index is 12.0. The first-order valence-corrected chi connectivity index (χ1v) is 7.03. The Hall–Kier alpha value is -0.650. The second-order valence-electron chi connectivity index (χ2n) is 5.64. The van der Waals surface area contributed by atoms with E-state index in [1.807, 2.05) is 6.92 Å². The molecule has 0 heterocycles. The molecule has 0 amide bonds. The van der Waals surface area contributed by atoms with Gasteiger partial charge in [0.25, 0.3) is 0 Å². The van der Waals surface area contributed by atoms with Gasteiger partial charge in [0.2, 0.25) is 0 Å². The number of nitrogens with one attached hydrogen (secondary N) is 1. The number of hydrogen-bond acceptors (Lipinski definition) is 5. The van der Waals surface area contributed by atoms with Crippen LogP contribution in [0.5, 0.6) is 0 Å². The molecule has 5 N–H and O–H groups in total. The molecular formula is C13H25N3O2. The van der Waals surface area contributed by atoms with E-state index in [1.54, 1.807) is 0 Å². The van der Waals surface area contributed by atoms with Crippen molar-refractivity contribution in [1.82, 2.24) is 5.32 Å². The van der Waals surface area contributed by atoms with Gasteiger partial charge in [-0.2, -0.15) is 0 Å². The zero-order chi connectivity index (χ0) is 13.2. The molecule has 0 aliphatic heterocycles. The molecule has 3 atom stereocenters. The van der Waals surface area contributed by atoms with E-state index >= 15 is 0 Å². The topological polar surface area (TPSA) is 90.4 Å². The van der Waals surface area contributed by atoms with Crippen molar-refractivity contribution in [1.29, 1.82) is 0 Å². The number of carbonyl (C=O) groups is 1. The molecule has 2 fully saturated rings. The molecule has 0 aromatic carbocycles. The maximum Gasteiger partial charge on any atom is 0.326 e. The lowest BCUT2D eigenvalue weighted by atomic mass is 9.75. The zero-order valence-corrected chi connectivity index (χ0v) is 11.2. The number of carbonyl (C=O) groups excluding carboxylic acids is 1. The zero-order valence-electron chi connectivity index (χ0n) is 11.2. The highest BCUT2D eigenvalue weighted by molar-refractivity contribution is 5.82. The van der Waals surface area contributed by atoms with Gasteiger partial charge < -0.3 is 16.2 Å². The number of ether oxygens (including phenoxy) is 1. The van der Waals surface area contributed by atoms with Crippen LogP contribution in [0.25, 0.3) is 0 Å². The van der Waals surface area contributed by atoms with E-state index in [1.165, 1.54) is 0 Å². The fourth-order valence-electron chi connectivity index (χ4n) is 2.96. The first kappa shape index (κ1) is 13.8. The minimum Gasteiger partial charge on any atom is -0.465 e. The average molecular weight is 255 g/mol. The van der Waals surface area contributed by atoms with Crippen molar-refractivity contribution in [2.45, 2.75) is 69.1 Å². The average Bonchev–Trinajstić information content (AvgIpc) is 2.28. The van der Waals surface area contributed by atoms with Crippen LogP contribution >= 0.6 is 0 Å². The number of hydrogen-bond donors (Lipinski definition) is 3. The fraction of sp³-hybridized carbons (Fsp3) is 0.923. The van der Waals surface area contributed by atoms with E-state index in [-0.39, 0.29) is 18.1 Å². The minimum atomic E-state index is -0.443. The quantitative estimate of drug-likeness (QED) is 0.627. The number of esters is 1. The second kappa shape index (κ2) is 5.55. The maximum atomic E-state index is 12.0. The molecule has 0 aromatic heterocycles. The summed E-state index contributed by atoms with van der Waals surface area (Å²) in [6, 6.07) is 0.433. The summed E-state index contributed by atoms with van der Waals surface area (Å²) >= 11 is 0. The summed E-state index contributed by atoms with van der Waals surface area (Å²) in [5.41, 5.74) is 11.5. The van der Waals surface area contributed by atoms with Crippen molar-refractivity contribution in [3.63, 3.8) is 0 Å². The van der Waals surface area contributed by atoms with Crippen LogP contribution in [0, 0.1) is 0 Å². The monoisotopic (exact) mass is 255 g/mol. The Labute approximate surface area is 109 Å². The van der Waals surface area contributed by atoms with Crippen molar-refractivity contribution in [3.8, 4) is 0 Å². The van der Waals surface area contributed by atoms with Crippen LogP contribution in [-0.2, 0) is 9.53 Å². The first-order valence-electron chi connectivity index (χ1n) is 7.03. The van der Waals surface area contributed by atoms with Crippen molar-refractivity contribution < 1.29 is 9.53 Å². The predicted molar refractivity (Wildman–Crippen MR) is 69.9 cm³/mol. The molecule has 0 aromatic rings. The molecule has 0 radical (unpaired) electrons. The third-order valence-corrected chi connectivity index (χ3v) is 4.31. The van der Waals surface area contributed by atoms with E-state index < -0.39 is 5.54 Å². The van der Waals surface area contributed by atoms with E-state index in [0.29, 0.717) is 12.6 Å². The van der Waals surface area contributed by atoms with Gasteiger partial charge in [-0.05, 0) is 45.4 Å². The van der Waals surface area contributed by atoms with Gasteiger partial charge >= 0.3 is 5.97 Å². The molecule has 0 spiro atoms. The van der Waals surface area contributed by atoms with E-state index in [2.05, 4.69) is 5.32 Å². The largest absolute Gasteiger partial charge is 0.465 e. The van der Waals surface area contributed by atoms with E-state index in [4.69, 9.17) is 16.2 Å². The Morgan fingerprint density at radius 2 is 2.06 bits per heavy atom. The summed E-state index contributed by atoms with van der Waals surface area (Å²) in [7, 11) is 0. The van der Waals surface area contributed by atoms with Crippen molar-refractivity contribution in [2.24, 2.45) is 11.5 Å². The van der Waals surface area contributed by atoms with Crippen LogP contribution in [-0.4, -0.2) is 36.2 Å². The van der Waals surface area contributed by atoms with Gasteiger partial charge in [-0.15, -0.1) is 0 Å². The van der Waals surface area contributed by atoms with Gasteiger partial charge in [0.05, 0.1) is 6.61 Å². The van der Waals surface area contributed by atoms with Crippen LogP contribution in [0.4, 0.5) is 0 Å². The third-order valence-electron chi connectivity index (χ3n) is 4.31. The van der Waals surface area contributed by atoms with Crippen molar-refractivity contribution >= 4 is 5.97 Å². The van der Waals surface area contributed by atoms with Crippen molar-refractivity contribution in [2.75, 3.05) is 6.61 Å². The van der Waals surface area contributed by atoms with Crippen LogP contribution in [0.2, 0.25) is 0 Å². The second-order valence-corrected chi connectivity index (χ2v) is 5.64. The lowest BCUT2D eigenvalue weighted by Gasteiger charge is -2.44. The summed E-state index contributed by atoms with van der Waals surface area (Å²) in [4.78, 5) is 12.0. The summed E-state index contributed by atoms with van der Waals surface area (Å²) in [5.74, 6) is -0.0975.